The highest BCUT2D eigenvalue weighted by Crippen LogP contribution is 2.41. The first-order chi connectivity index (χ1) is 15.1. The van der Waals surface area contributed by atoms with Gasteiger partial charge in [-0.2, -0.15) is 0 Å². The van der Waals surface area contributed by atoms with Crippen LogP contribution in [-0.4, -0.2) is 72.2 Å². The molecule has 0 N–H and O–H groups in total. The molecule has 176 valence electrons. The Kier molecular flexibility index (Phi) is 6.34. The molecule has 0 aromatic heterocycles. The maximum atomic E-state index is 12.3. The maximum absolute atomic E-state index is 12.3. The van der Waals surface area contributed by atoms with Crippen molar-refractivity contribution in [3.05, 3.63) is 34.4 Å². The highest BCUT2D eigenvalue weighted by Gasteiger charge is 2.46. The number of nitrogens with zero attached hydrogens (tertiary/aromatic N) is 4. The molecule has 0 radical (unpaired) electrons. The zero-order valence-electron chi connectivity index (χ0n) is 19.6. The second-order valence-corrected chi connectivity index (χ2v) is 10.8. The lowest BCUT2D eigenvalue weighted by atomic mass is 9.71. The van der Waals surface area contributed by atoms with Crippen LogP contribution in [0.5, 0.6) is 0 Å². The maximum Gasteiger partial charge on any atom is 0.410 e. The third kappa shape index (κ3) is 5.34. The summed E-state index contributed by atoms with van der Waals surface area (Å²) in [4.78, 5) is 29.6. The number of ether oxygens (including phenoxy) is 1. The van der Waals surface area contributed by atoms with E-state index in [1.807, 2.05) is 37.8 Å². The molecule has 1 amide bonds. The summed E-state index contributed by atoms with van der Waals surface area (Å²) in [5.74, 6) is 0.712. The van der Waals surface area contributed by atoms with Crippen LogP contribution in [0.2, 0.25) is 0 Å². The van der Waals surface area contributed by atoms with Crippen LogP contribution in [0, 0.1) is 21.4 Å². The van der Waals surface area contributed by atoms with Crippen LogP contribution in [0.1, 0.15) is 46.5 Å². The van der Waals surface area contributed by atoms with Gasteiger partial charge in [0.25, 0.3) is 5.69 Å². The quantitative estimate of drug-likeness (QED) is 0.513. The number of amides is 1. The lowest BCUT2D eigenvalue weighted by Gasteiger charge is -2.55. The molecule has 0 unspecified atom stereocenters. The lowest BCUT2D eigenvalue weighted by Crippen LogP contribution is -2.61. The highest BCUT2D eigenvalue weighted by molar-refractivity contribution is 5.68. The fourth-order valence-corrected chi connectivity index (χ4v) is 5.36. The topological polar surface area (TPSA) is 79.2 Å². The van der Waals surface area contributed by atoms with Gasteiger partial charge in [0, 0.05) is 63.6 Å². The number of hydrogen-bond donors (Lipinski definition) is 0. The first-order valence-corrected chi connectivity index (χ1v) is 11.8. The smallest absolute Gasteiger partial charge is 0.410 e. The van der Waals surface area contributed by atoms with Crippen molar-refractivity contribution in [3.8, 4) is 0 Å². The van der Waals surface area contributed by atoms with Crippen molar-refractivity contribution in [3.63, 3.8) is 0 Å². The minimum absolute atomic E-state index is 0.146. The van der Waals surface area contributed by atoms with Crippen molar-refractivity contribution in [2.45, 2.75) is 52.1 Å². The Morgan fingerprint density at radius 1 is 1.09 bits per heavy atom. The zero-order valence-corrected chi connectivity index (χ0v) is 19.6. The molecule has 3 aliphatic heterocycles. The van der Waals surface area contributed by atoms with Crippen LogP contribution in [-0.2, 0) is 4.74 Å². The molecule has 3 fully saturated rings. The van der Waals surface area contributed by atoms with Gasteiger partial charge in [-0.3, -0.25) is 10.1 Å². The molecule has 1 aromatic rings. The number of non-ortho nitro benzene ring substituents is 1. The van der Waals surface area contributed by atoms with E-state index in [0.717, 1.165) is 77.2 Å². The second kappa shape index (κ2) is 8.89. The van der Waals surface area contributed by atoms with Crippen LogP contribution in [0.25, 0.3) is 0 Å². The highest BCUT2D eigenvalue weighted by atomic mass is 16.6. The Labute approximate surface area is 190 Å². The molecule has 8 nitrogen and oxygen atoms in total. The normalized spacial score (nSPS) is 22.0. The third-order valence-corrected chi connectivity index (χ3v) is 7.15. The molecule has 1 spiro atoms. The summed E-state index contributed by atoms with van der Waals surface area (Å²) in [6.45, 7) is 12.8. The first kappa shape index (κ1) is 22.8. The van der Waals surface area contributed by atoms with Crippen LogP contribution in [0.15, 0.2) is 24.3 Å². The number of anilines is 1. The fraction of sp³-hybridized carbons (Fsp3) is 0.708. The van der Waals surface area contributed by atoms with Gasteiger partial charge in [-0.15, -0.1) is 0 Å². The Bertz CT molecular complexity index is 811. The number of carbonyl (C=O) groups is 1. The Balaban J connectivity index is 1.17. The van der Waals surface area contributed by atoms with E-state index in [1.54, 1.807) is 12.1 Å². The van der Waals surface area contributed by atoms with E-state index >= 15 is 0 Å². The monoisotopic (exact) mass is 444 g/mol. The minimum Gasteiger partial charge on any atom is -0.444 e. The summed E-state index contributed by atoms with van der Waals surface area (Å²) in [6.07, 6.45) is 4.28. The molecule has 8 heteroatoms. The van der Waals surface area contributed by atoms with Crippen molar-refractivity contribution in [1.82, 2.24) is 9.80 Å². The van der Waals surface area contributed by atoms with E-state index in [-0.39, 0.29) is 16.7 Å². The van der Waals surface area contributed by atoms with Gasteiger partial charge in [0.05, 0.1) is 4.92 Å². The van der Waals surface area contributed by atoms with Crippen molar-refractivity contribution >= 4 is 17.5 Å². The van der Waals surface area contributed by atoms with Crippen molar-refractivity contribution in [2.24, 2.45) is 11.3 Å². The molecule has 0 bridgehead atoms. The van der Waals surface area contributed by atoms with Crippen LogP contribution in [0.4, 0.5) is 16.2 Å². The number of hydrogen-bond acceptors (Lipinski definition) is 6. The van der Waals surface area contributed by atoms with E-state index in [9.17, 15) is 14.9 Å². The molecular weight excluding hydrogens is 408 g/mol. The van der Waals surface area contributed by atoms with Crippen LogP contribution in [0.3, 0.4) is 0 Å². The standard InChI is InChI=1S/C24H36N4O4/c1-23(2,3)32-22(29)27-14-10-24(11-15-27)17-25(18-24)16-19-8-12-26(13-9-19)20-4-6-21(7-5-20)28(30)31/h4-7,19H,8-18H2,1-3H3. The minimum atomic E-state index is -0.437. The van der Waals surface area contributed by atoms with Gasteiger partial charge in [-0.1, -0.05) is 0 Å². The van der Waals surface area contributed by atoms with Gasteiger partial charge in [-0.25, -0.2) is 4.79 Å². The molecule has 3 saturated heterocycles. The summed E-state index contributed by atoms with van der Waals surface area (Å²) >= 11 is 0. The van der Waals surface area contributed by atoms with Crippen molar-refractivity contribution in [1.29, 1.82) is 0 Å². The number of likely N-dealkylation sites (tertiary alicyclic amines) is 2. The van der Waals surface area contributed by atoms with Gasteiger partial charge in [0.1, 0.15) is 5.60 Å². The Hall–Kier alpha value is -2.35. The van der Waals surface area contributed by atoms with E-state index < -0.39 is 5.60 Å². The first-order valence-electron chi connectivity index (χ1n) is 11.8. The third-order valence-electron chi connectivity index (χ3n) is 7.15. The van der Waals surface area contributed by atoms with Gasteiger partial charge < -0.3 is 19.4 Å². The molecule has 3 aliphatic rings. The van der Waals surface area contributed by atoms with Crippen LogP contribution >= 0.6 is 0 Å². The van der Waals surface area contributed by atoms with Gasteiger partial charge in [-0.05, 0) is 69.9 Å². The van der Waals surface area contributed by atoms with Crippen LogP contribution < -0.4 is 4.90 Å². The van der Waals surface area contributed by atoms with E-state index in [0.29, 0.717) is 11.3 Å². The average molecular weight is 445 g/mol. The fourth-order valence-electron chi connectivity index (χ4n) is 5.36. The van der Waals surface area contributed by atoms with E-state index in [4.69, 9.17) is 4.74 Å². The molecule has 0 saturated carbocycles. The van der Waals surface area contributed by atoms with Crippen molar-refractivity contribution < 1.29 is 14.5 Å². The van der Waals surface area contributed by atoms with Gasteiger partial charge in [0.15, 0.2) is 0 Å². The number of benzene rings is 1. The summed E-state index contributed by atoms with van der Waals surface area (Å²) in [5.41, 5.74) is 1.17. The number of piperidine rings is 2. The number of nitro benzene ring substituents is 1. The largest absolute Gasteiger partial charge is 0.444 e. The summed E-state index contributed by atoms with van der Waals surface area (Å²) in [5, 5.41) is 10.8. The lowest BCUT2D eigenvalue weighted by molar-refractivity contribution is -0.384. The van der Waals surface area contributed by atoms with E-state index in [1.165, 1.54) is 0 Å². The molecular formula is C24H36N4O4. The van der Waals surface area contributed by atoms with E-state index in [2.05, 4.69) is 9.80 Å². The predicted octanol–water partition coefficient (Wildman–Crippen LogP) is 4.14. The molecule has 4 rings (SSSR count). The van der Waals surface area contributed by atoms with Crippen molar-refractivity contribution in [2.75, 3.05) is 50.7 Å². The Morgan fingerprint density at radius 2 is 1.69 bits per heavy atom. The average Bonchev–Trinajstić information content (AvgIpc) is 2.72. The number of rotatable bonds is 4. The number of nitro groups is 1. The molecule has 1 aromatic carbocycles. The van der Waals surface area contributed by atoms with Gasteiger partial charge in [0.2, 0.25) is 0 Å². The zero-order chi connectivity index (χ0) is 22.9. The summed E-state index contributed by atoms with van der Waals surface area (Å²) < 4.78 is 5.52. The SMILES string of the molecule is CC(C)(C)OC(=O)N1CCC2(CC1)CN(CC1CCN(c3ccc([N+](=O)[O-])cc3)CC1)C2. The number of carbonyl (C=O) groups excluding carboxylic acids is 1. The Morgan fingerprint density at radius 3 is 2.22 bits per heavy atom. The molecule has 0 aliphatic carbocycles. The summed E-state index contributed by atoms with van der Waals surface area (Å²) in [6, 6.07) is 6.91. The second-order valence-electron chi connectivity index (χ2n) is 10.8. The predicted molar refractivity (Wildman–Crippen MR) is 124 cm³/mol. The summed E-state index contributed by atoms with van der Waals surface area (Å²) in [7, 11) is 0. The molecule has 0 atom stereocenters. The molecule has 3 heterocycles. The molecule has 32 heavy (non-hydrogen) atoms. The van der Waals surface area contributed by atoms with Gasteiger partial charge >= 0.3 is 6.09 Å².